The lowest BCUT2D eigenvalue weighted by Gasteiger charge is -2.31. The molecule has 2 unspecified atom stereocenters. The summed E-state index contributed by atoms with van der Waals surface area (Å²) < 4.78 is 5.44. The molecule has 2 aliphatic heterocycles. The number of hydrogen-bond donors (Lipinski definition) is 3. The highest BCUT2D eigenvalue weighted by Crippen LogP contribution is 2.31. The topological polar surface area (TPSA) is 89.4 Å². The summed E-state index contributed by atoms with van der Waals surface area (Å²) in [5.74, 6) is 1.23. The van der Waals surface area contributed by atoms with Gasteiger partial charge in [-0.15, -0.1) is 0 Å². The van der Waals surface area contributed by atoms with Crippen LogP contribution in [0.3, 0.4) is 0 Å². The molecular formula is C17H29N5O2. The number of carbonyl (C=O) groups excluding carboxylic acids is 1. The molecule has 3 aliphatic rings. The maximum Gasteiger partial charge on any atom is 0.241 e. The van der Waals surface area contributed by atoms with Gasteiger partial charge < -0.3 is 15.0 Å². The first-order valence-electron chi connectivity index (χ1n) is 9.15. The average molecular weight is 335 g/mol. The Kier molecular flexibility index (Phi) is 5.93. The number of nitriles is 1. The first-order valence-corrected chi connectivity index (χ1v) is 9.15. The number of rotatable bonds is 5. The van der Waals surface area contributed by atoms with E-state index in [9.17, 15) is 4.79 Å². The van der Waals surface area contributed by atoms with Gasteiger partial charge in [0.15, 0.2) is 6.19 Å². The first kappa shape index (κ1) is 17.5. The molecule has 3 rings (SSSR count). The molecule has 2 saturated heterocycles. The van der Waals surface area contributed by atoms with Crippen LogP contribution in [0.4, 0.5) is 0 Å². The third kappa shape index (κ3) is 4.00. The van der Waals surface area contributed by atoms with Crippen molar-refractivity contribution in [2.75, 3.05) is 26.7 Å². The molecule has 0 bridgehead atoms. The number of carbonyl (C=O) groups is 1. The summed E-state index contributed by atoms with van der Waals surface area (Å²) in [6, 6.07) is 0.272. The summed E-state index contributed by atoms with van der Waals surface area (Å²) in [5, 5.41) is 11.3. The number of ether oxygens (including phenoxy) is 1. The van der Waals surface area contributed by atoms with E-state index in [1.165, 1.54) is 12.8 Å². The van der Waals surface area contributed by atoms with E-state index >= 15 is 0 Å². The van der Waals surface area contributed by atoms with Crippen LogP contribution in [0, 0.1) is 23.3 Å². The molecule has 7 heteroatoms. The van der Waals surface area contributed by atoms with Crippen molar-refractivity contribution in [1.29, 1.82) is 5.26 Å². The van der Waals surface area contributed by atoms with Crippen LogP contribution < -0.4 is 16.2 Å². The lowest BCUT2D eigenvalue weighted by molar-refractivity contribution is -0.132. The van der Waals surface area contributed by atoms with E-state index in [1.54, 1.807) is 7.11 Å². The Morgan fingerprint density at radius 3 is 2.79 bits per heavy atom. The maximum atomic E-state index is 12.7. The number of amides is 1. The summed E-state index contributed by atoms with van der Waals surface area (Å²) >= 11 is 0. The molecule has 0 aromatic heterocycles. The second-order valence-corrected chi connectivity index (χ2v) is 7.39. The van der Waals surface area contributed by atoms with Gasteiger partial charge in [-0.2, -0.15) is 5.26 Å². The molecule has 3 atom stereocenters. The summed E-state index contributed by atoms with van der Waals surface area (Å²) in [6.07, 6.45) is 8.81. The summed E-state index contributed by atoms with van der Waals surface area (Å²) in [4.78, 5) is 14.7. The van der Waals surface area contributed by atoms with Crippen LogP contribution in [0.1, 0.15) is 38.5 Å². The Morgan fingerprint density at radius 1 is 1.29 bits per heavy atom. The minimum absolute atomic E-state index is 0.113. The fraction of sp³-hybridized carbons (Fsp3) is 0.882. The number of nitrogens with zero attached hydrogens (tertiary/aromatic N) is 2. The van der Waals surface area contributed by atoms with E-state index in [0.29, 0.717) is 30.5 Å². The highest BCUT2D eigenvalue weighted by molar-refractivity contribution is 5.82. The van der Waals surface area contributed by atoms with E-state index in [2.05, 4.69) is 16.2 Å². The molecule has 0 radical (unpaired) electrons. The van der Waals surface area contributed by atoms with Gasteiger partial charge >= 0.3 is 0 Å². The molecule has 24 heavy (non-hydrogen) atoms. The lowest BCUT2D eigenvalue weighted by Crippen LogP contribution is -2.45. The van der Waals surface area contributed by atoms with Gasteiger partial charge in [0, 0.05) is 32.8 Å². The molecular weight excluding hydrogens is 306 g/mol. The van der Waals surface area contributed by atoms with E-state index < -0.39 is 0 Å². The van der Waals surface area contributed by atoms with Crippen molar-refractivity contribution in [2.24, 2.45) is 11.8 Å². The largest absolute Gasteiger partial charge is 0.381 e. The zero-order valence-corrected chi connectivity index (χ0v) is 14.5. The van der Waals surface area contributed by atoms with Gasteiger partial charge in [-0.25, -0.2) is 5.43 Å². The molecule has 3 N–H and O–H groups in total. The molecule has 134 valence electrons. The van der Waals surface area contributed by atoms with Crippen LogP contribution in [-0.4, -0.2) is 55.7 Å². The predicted octanol–water partition coefficient (Wildman–Crippen LogP) is 0.346. The van der Waals surface area contributed by atoms with Gasteiger partial charge in [-0.05, 0) is 50.4 Å². The number of hydrogen-bond acceptors (Lipinski definition) is 6. The third-order valence-corrected chi connectivity index (χ3v) is 5.92. The fourth-order valence-corrected chi connectivity index (χ4v) is 4.39. The van der Waals surface area contributed by atoms with Crippen molar-refractivity contribution >= 4 is 5.91 Å². The van der Waals surface area contributed by atoms with Crippen molar-refractivity contribution in [3.05, 3.63) is 0 Å². The Labute approximate surface area is 144 Å². The Hall–Kier alpha value is -1.36. The third-order valence-electron chi connectivity index (χ3n) is 5.92. The number of likely N-dealkylation sites (tertiary alicyclic amines) is 1. The zero-order valence-electron chi connectivity index (χ0n) is 14.5. The molecule has 7 nitrogen and oxygen atoms in total. The van der Waals surface area contributed by atoms with Crippen LogP contribution in [0.5, 0.6) is 0 Å². The van der Waals surface area contributed by atoms with Crippen LogP contribution in [0.15, 0.2) is 0 Å². The van der Waals surface area contributed by atoms with Crippen LogP contribution in [0.2, 0.25) is 0 Å². The summed E-state index contributed by atoms with van der Waals surface area (Å²) in [6.45, 7) is 2.23. The summed E-state index contributed by atoms with van der Waals surface area (Å²) in [7, 11) is 1.80. The van der Waals surface area contributed by atoms with E-state index in [-0.39, 0.29) is 11.9 Å². The van der Waals surface area contributed by atoms with Crippen molar-refractivity contribution in [1.82, 2.24) is 21.1 Å². The molecule has 0 spiro atoms. The second kappa shape index (κ2) is 8.15. The molecule has 1 amide bonds. The van der Waals surface area contributed by atoms with Crippen molar-refractivity contribution in [2.45, 2.75) is 56.7 Å². The second-order valence-electron chi connectivity index (χ2n) is 7.39. The monoisotopic (exact) mass is 335 g/mol. The van der Waals surface area contributed by atoms with Gasteiger partial charge in [0.25, 0.3) is 0 Å². The minimum atomic E-state index is -0.113. The average Bonchev–Trinajstić information content (AvgIpc) is 3.29. The number of methoxy groups -OCH3 is 1. The SMILES string of the molecule is COC1CCC(C2CC(C(=O)N3CC[C@H](CNC#N)C3)NN2)CC1. The van der Waals surface area contributed by atoms with Gasteiger partial charge in [-0.3, -0.25) is 10.2 Å². The molecule has 2 heterocycles. The molecule has 3 fully saturated rings. The van der Waals surface area contributed by atoms with E-state index in [0.717, 1.165) is 38.8 Å². The maximum absolute atomic E-state index is 12.7. The predicted molar refractivity (Wildman–Crippen MR) is 89.5 cm³/mol. The number of hydrazine groups is 1. The molecule has 1 aliphatic carbocycles. The Balaban J connectivity index is 1.44. The quantitative estimate of drug-likeness (QED) is 0.496. The van der Waals surface area contributed by atoms with Gasteiger partial charge in [-0.1, -0.05) is 0 Å². The Bertz CT molecular complexity index is 472. The Morgan fingerprint density at radius 2 is 2.08 bits per heavy atom. The summed E-state index contributed by atoms with van der Waals surface area (Å²) in [5.41, 5.74) is 6.59. The van der Waals surface area contributed by atoms with E-state index in [1.807, 2.05) is 11.1 Å². The standard InChI is InChI=1S/C17H29N5O2/c1-24-14-4-2-13(3-5-14)15-8-16(21-20-15)17(23)22-7-6-12(10-22)9-19-11-18/h12-16,19-21H,2-10H2,1H3/t12-,13?,14?,15?,16?/m1/s1. The van der Waals surface area contributed by atoms with Crippen molar-refractivity contribution in [3.63, 3.8) is 0 Å². The lowest BCUT2D eigenvalue weighted by atomic mass is 9.81. The zero-order chi connectivity index (χ0) is 16.9. The minimum Gasteiger partial charge on any atom is -0.381 e. The van der Waals surface area contributed by atoms with Gasteiger partial charge in [0.1, 0.15) is 6.04 Å². The fourth-order valence-electron chi connectivity index (χ4n) is 4.39. The molecule has 1 saturated carbocycles. The van der Waals surface area contributed by atoms with Crippen LogP contribution >= 0.6 is 0 Å². The van der Waals surface area contributed by atoms with Gasteiger partial charge in [0.2, 0.25) is 5.91 Å². The number of nitrogens with one attached hydrogen (secondary N) is 3. The van der Waals surface area contributed by atoms with Gasteiger partial charge in [0.05, 0.1) is 6.10 Å². The van der Waals surface area contributed by atoms with Crippen molar-refractivity contribution < 1.29 is 9.53 Å². The molecule has 0 aromatic rings. The normalized spacial score (nSPS) is 36.5. The highest BCUT2D eigenvalue weighted by atomic mass is 16.5. The van der Waals surface area contributed by atoms with E-state index in [4.69, 9.17) is 10.00 Å². The molecule has 0 aromatic carbocycles. The van der Waals surface area contributed by atoms with Crippen LogP contribution in [0.25, 0.3) is 0 Å². The first-order chi connectivity index (χ1) is 11.7. The highest BCUT2D eigenvalue weighted by Gasteiger charge is 2.38. The van der Waals surface area contributed by atoms with Crippen molar-refractivity contribution in [3.8, 4) is 6.19 Å². The van der Waals surface area contributed by atoms with Crippen LogP contribution in [-0.2, 0) is 9.53 Å². The smallest absolute Gasteiger partial charge is 0.241 e.